The minimum Gasteiger partial charge on any atom is -0.394 e. The molecular formula is C55H100N3O31P3. The van der Waals surface area contributed by atoms with Gasteiger partial charge in [-0.3, -0.25) is 41.5 Å². The molecule has 0 aromatic rings. The van der Waals surface area contributed by atoms with Crippen LogP contribution in [0.4, 0.5) is 0 Å². The van der Waals surface area contributed by atoms with Crippen molar-refractivity contribution < 1.29 is 149 Å². The van der Waals surface area contributed by atoms with Crippen molar-refractivity contribution in [3.8, 4) is 0 Å². The van der Waals surface area contributed by atoms with E-state index in [0.717, 1.165) is 0 Å². The first-order valence-corrected chi connectivity index (χ1v) is 35.9. The number of carbonyl (C=O) groups is 3. The zero-order valence-corrected chi connectivity index (χ0v) is 55.6. The molecule has 6 fully saturated rings. The lowest BCUT2D eigenvalue weighted by atomic mass is 9.92. The van der Waals surface area contributed by atoms with Crippen LogP contribution >= 0.6 is 23.5 Å². The van der Waals surface area contributed by atoms with Gasteiger partial charge in [-0.1, -0.05) is 20.8 Å². The second-order valence-corrected chi connectivity index (χ2v) is 29.8. The highest BCUT2D eigenvalue weighted by molar-refractivity contribution is 7.48. The van der Waals surface area contributed by atoms with Crippen LogP contribution in [0.1, 0.15) is 119 Å². The lowest BCUT2D eigenvalue weighted by Gasteiger charge is -2.40. The van der Waals surface area contributed by atoms with Crippen LogP contribution in [0.15, 0.2) is 0 Å². The van der Waals surface area contributed by atoms with E-state index in [-0.39, 0.29) is 97.2 Å². The number of phosphoric acid groups is 3. The van der Waals surface area contributed by atoms with E-state index in [1.807, 2.05) is 0 Å². The highest BCUT2D eigenvalue weighted by Crippen LogP contribution is 2.51. The molecule has 0 bridgehead atoms. The topological polar surface area (TPSA) is 486 Å². The summed E-state index contributed by atoms with van der Waals surface area (Å²) >= 11 is 0. The molecule has 536 valence electrons. The number of ether oxygens (including phenoxy) is 6. The van der Waals surface area contributed by atoms with Crippen molar-refractivity contribution in [3.05, 3.63) is 0 Å². The molecule has 13 N–H and O–H groups in total. The van der Waals surface area contributed by atoms with Crippen LogP contribution in [-0.2, 0) is 83.6 Å². The summed E-state index contributed by atoms with van der Waals surface area (Å²) in [6.45, 7) is 5.31. The molecule has 6 aliphatic rings. The van der Waals surface area contributed by atoms with Crippen LogP contribution in [-0.4, -0.2) is 293 Å². The molecule has 0 aromatic heterocycles. The third kappa shape index (κ3) is 23.1. The summed E-state index contributed by atoms with van der Waals surface area (Å²) < 4.78 is 107. The van der Waals surface area contributed by atoms with Crippen LogP contribution in [0.3, 0.4) is 0 Å². The fraction of sp³-hybridized carbons (Fsp3) is 0.945. The number of hydrogen-bond donors (Lipinski definition) is 13. The van der Waals surface area contributed by atoms with Gasteiger partial charge in [-0.2, -0.15) is 0 Å². The van der Waals surface area contributed by atoms with Crippen LogP contribution in [0, 0.1) is 17.8 Å². The lowest BCUT2D eigenvalue weighted by Crippen LogP contribution is -2.55. The number of rotatable bonds is 35. The Morgan fingerprint density at radius 1 is 0.457 bits per heavy atom. The number of β-amino-alcohol motifs (C(OH)–C–C–N with tert-alkyl or cyclic N) is 1. The number of phosphoric ester groups is 3. The summed E-state index contributed by atoms with van der Waals surface area (Å²) in [6.07, 6.45) is -16.2. The second-order valence-electron chi connectivity index (χ2n) is 25.6. The van der Waals surface area contributed by atoms with Gasteiger partial charge in [0.15, 0.2) is 18.9 Å². The Bertz CT molecular complexity index is 2450. The Morgan fingerprint density at radius 2 is 0.761 bits per heavy atom. The normalized spacial score (nSPS) is 36.7. The van der Waals surface area contributed by atoms with Gasteiger partial charge in [0.25, 0.3) is 0 Å². The first-order valence-electron chi connectivity index (χ1n) is 31.5. The quantitative estimate of drug-likeness (QED) is 0.0264. The van der Waals surface area contributed by atoms with Crippen LogP contribution < -0.4 is 0 Å². The highest BCUT2D eigenvalue weighted by atomic mass is 31.2. The van der Waals surface area contributed by atoms with E-state index in [0.29, 0.717) is 19.3 Å². The van der Waals surface area contributed by atoms with Gasteiger partial charge in [0.1, 0.15) is 36.6 Å². The molecule has 0 radical (unpaired) electrons. The Kier molecular flexibility index (Phi) is 30.7. The van der Waals surface area contributed by atoms with Crippen LogP contribution in [0.5, 0.6) is 0 Å². The zero-order chi connectivity index (χ0) is 68.0. The fourth-order valence-electron chi connectivity index (χ4n) is 11.9. The standard InChI is InChI=1S/C55H100N3O31P3/c1-31-46(66)49(69)40(25-59)84-52(31)78-16-10-7-13-43(63)56-22-37(62)19-34(56)28-81-90(72,73)87-38-20-35(57(23-38)44(64)14-8-11-17-79-53-32(2)47(67)50(70)41(26-60)85-53)29-82-91(74,75)88-39-21-36(30-83-92(76,77)89-55(4,5)6)58(24-39)45(65)15-9-12-18-80-54-33(3)48(68)51(71)42(27-61)86-54/h31-42,46-54,59-62,66-71H,7-30H2,1-6H3,(H,72,73)(H,74,75)(H,76,77)/t31?,32?,33?,34-,35-,36-,37+,38+,39+,40?,41?,42?,46?,47?,48?,49?,50?,51?,52?,53?,54?/m0/s1. The smallest absolute Gasteiger partial charge is 0.394 e. The predicted octanol–water partition coefficient (Wildman–Crippen LogP) is -1.13. The van der Waals surface area contributed by atoms with E-state index in [9.17, 15) is 93.8 Å². The molecule has 18 unspecified atom stereocenters. The molecule has 6 saturated heterocycles. The van der Waals surface area contributed by atoms with Crippen molar-refractivity contribution in [1.29, 1.82) is 0 Å². The van der Waals surface area contributed by atoms with Gasteiger partial charge >= 0.3 is 23.5 Å². The molecule has 6 rings (SSSR count). The third-order valence-electron chi connectivity index (χ3n) is 17.1. The molecule has 34 nitrogen and oxygen atoms in total. The number of hydrogen-bond acceptors (Lipinski definition) is 28. The van der Waals surface area contributed by atoms with Gasteiger partial charge in [0.05, 0.1) is 100.0 Å². The summed E-state index contributed by atoms with van der Waals surface area (Å²) in [5, 5.41) is 101. The molecule has 0 aliphatic carbocycles. The molecule has 0 aromatic carbocycles. The Balaban J connectivity index is 1.05. The first-order chi connectivity index (χ1) is 43.2. The number of aliphatic hydroxyl groups excluding tert-OH is 10. The number of amides is 3. The van der Waals surface area contributed by atoms with E-state index in [1.54, 1.807) is 20.8 Å². The van der Waals surface area contributed by atoms with Gasteiger partial charge in [0, 0.05) is 76.5 Å². The van der Waals surface area contributed by atoms with Gasteiger partial charge < -0.3 is 109 Å². The van der Waals surface area contributed by atoms with Gasteiger partial charge in [-0.15, -0.1) is 0 Å². The van der Waals surface area contributed by atoms with E-state index < -0.39 is 214 Å². The number of carbonyl (C=O) groups excluding carboxylic acids is 3. The Hall–Kier alpha value is -1.90. The van der Waals surface area contributed by atoms with Crippen molar-refractivity contribution in [2.24, 2.45) is 17.8 Å². The average Bonchev–Trinajstić information content (AvgIpc) is 1.35. The average molecular weight is 1390 g/mol. The minimum atomic E-state index is -5.13. The summed E-state index contributed by atoms with van der Waals surface area (Å²) in [5.74, 6) is -3.37. The lowest BCUT2D eigenvalue weighted by molar-refractivity contribution is -0.282. The molecule has 24 atom stereocenters. The summed E-state index contributed by atoms with van der Waals surface area (Å²) in [7, 11) is -14.9. The summed E-state index contributed by atoms with van der Waals surface area (Å²) in [5.41, 5.74) is -1.12. The van der Waals surface area contributed by atoms with Crippen LogP contribution in [0.25, 0.3) is 0 Å². The van der Waals surface area contributed by atoms with Gasteiger partial charge in [-0.05, 0) is 78.6 Å². The van der Waals surface area contributed by atoms with E-state index in [4.69, 9.17) is 55.6 Å². The Labute approximate surface area is 535 Å². The zero-order valence-electron chi connectivity index (χ0n) is 52.9. The van der Waals surface area contributed by atoms with Crippen molar-refractivity contribution in [2.75, 3.05) is 79.1 Å². The monoisotopic (exact) mass is 1390 g/mol. The number of unbranched alkanes of at least 4 members (excludes halogenated alkanes) is 3. The minimum absolute atomic E-state index is 0.00504. The first kappa shape index (κ1) is 79.1. The molecule has 6 heterocycles. The van der Waals surface area contributed by atoms with Crippen molar-refractivity contribution in [2.45, 2.75) is 234 Å². The van der Waals surface area contributed by atoms with Crippen molar-refractivity contribution in [1.82, 2.24) is 14.7 Å². The molecule has 3 amide bonds. The number of nitrogens with zero attached hydrogens (tertiary/aromatic N) is 3. The van der Waals surface area contributed by atoms with E-state index >= 15 is 0 Å². The number of likely N-dealkylation sites (tertiary alicyclic amines) is 3. The molecular weight excluding hydrogens is 1290 g/mol. The highest BCUT2D eigenvalue weighted by Gasteiger charge is 2.48. The number of aliphatic hydroxyl groups is 10. The summed E-state index contributed by atoms with van der Waals surface area (Å²) in [4.78, 5) is 77.9. The third-order valence-corrected chi connectivity index (χ3v) is 20.4. The van der Waals surface area contributed by atoms with Crippen molar-refractivity contribution in [3.63, 3.8) is 0 Å². The van der Waals surface area contributed by atoms with Crippen LogP contribution in [0.2, 0.25) is 0 Å². The molecule has 92 heavy (non-hydrogen) atoms. The largest absolute Gasteiger partial charge is 0.472 e. The van der Waals surface area contributed by atoms with Gasteiger partial charge in [-0.25, -0.2) is 13.7 Å². The molecule has 0 spiro atoms. The van der Waals surface area contributed by atoms with Gasteiger partial charge in [0.2, 0.25) is 17.7 Å². The second kappa shape index (κ2) is 35.7. The molecule has 6 aliphatic heterocycles. The maximum Gasteiger partial charge on any atom is 0.472 e. The molecule has 37 heteroatoms. The maximum absolute atomic E-state index is 14.0. The Morgan fingerprint density at radius 3 is 1.08 bits per heavy atom. The SMILES string of the molecule is CC1C(OCCCCC(=O)N2C[C@H](O)C[C@H]2COP(=O)(O)O[C@@H]2C[C@@H](COP(=O)(O)O[C@@H]3C[C@@H](COP(=O)(O)OC(C)(C)C)N(C(=O)CCCCOC4OC(CO)C(O)C(O)C4C)C3)N(C(=O)CCCCOC3OC(CO)C(O)C(O)C3C)C2)OC(CO)C(O)C1O. The molecule has 0 saturated carbocycles. The fourth-order valence-corrected chi connectivity index (χ4v) is 14.9. The van der Waals surface area contributed by atoms with E-state index in [1.165, 1.54) is 35.5 Å². The van der Waals surface area contributed by atoms with E-state index in [2.05, 4.69) is 0 Å². The predicted molar refractivity (Wildman–Crippen MR) is 314 cm³/mol. The summed E-state index contributed by atoms with van der Waals surface area (Å²) in [6, 6.07) is -2.95. The maximum atomic E-state index is 14.0. The van der Waals surface area contributed by atoms with Crippen molar-refractivity contribution >= 4 is 41.2 Å².